The van der Waals surface area contributed by atoms with Crippen molar-refractivity contribution in [1.29, 1.82) is 0 Å². The molecule has 0 aliphatic rings. The molecule has 1 rings (SSSR count). The molecule has 0 aromatic heterocycles. The summed E-state index contributed by atoms with van der Waals surface area (Å²) in [5.41, 5.74) is 4.36. The van der Waals surface area contributed by atoms with Crippen molar-refractivity contribution in [3.63, 3.8) is 0 Å². The highest BCUT2D eigenvalue weighted by Crippen LogP contribution is 2.16. The summed E-state index contributed by atoms with van der Waals surface area (Å²) in [6, 6.07) is 5.84. The lowest BCUT2D eigenvalue weighted by Crippen LogP contribution is -2.16. The first-order valence-electron chi connectivity index (χ1n) is 3.72. The Morgan fingerprint density at radius 3 is 2.54 bits per heavy atom. The molecule has 0 aliphatic carbocycles. The van der Waals surface area contributed by atoms with E-state index in [2.05, 4.69) is 0 Å². The molecule has 0 radical (unpaired) electrons. The van der Waals surface area contributed by atoms with E-state index in [1.54, 1.807) is 6.07 Å². The maximum atomic E-state index is 11.4. The van der Waals surface area contributed by atoms with Gasteiger partial charge in [-0.2, -0.15) is 0 Å². The Labute approximate surface area is 76.9 Å². The van der Waals surface area contributed by atoms with Gasteiger partial charge < -0.3 is 10.8 Å². The summed E-state index contributed by atoms with van der Waals surface area (Å²) >= 11 is 0. The fraction of sp³-hybridized carbons (Fsp3) is 0.250. The molecule has 0 heterocycles. The summed E-state index contributed by atoms with van der Waals surface area (Å²) in [6.45, 7) is 1.21. The highest BCUT2D eigenvalue weighted by molar-refractivity contribution is 7.91. The molecule has 5 heteroatoms. The Kier molecular flexibility index (Phi) is 2.58. The lowest BCUT2D eigenvalue weighted by atomic mass is 10.3. The molecule has 1 aromatic rings. The number of benzene rings is 1. The van der Waals surface area contributed by atoms with Gasteiger partial charge in [0.2, 0.25) is 9.84 Å². The van der Waals surface area contributed by atoms with Gasteiger partial charge in [0.05, 0.1) is 4.90 Å². The predicted molar refractivity (Wildman–Crippen MR) is 49.7 cm³/mol. The summed E-state index contributed by atoms with van der Waals surface area (Å²) in [5, 5.41) is 9.00. The van der Waals surface area contributed by atoms with Gasteiger partial charge in [0.1, 0.15) is 0 Å². The highest BCUT2D eigenvalue weighted by atomic mass is 32.2. The van der Waals surface area contributed by atoms with Gasteiger partial charge in [0, 0.05) is 5.69 Å². The highest BCUT2D eigenvalue weighted by Gasteiger charge is 2.20. The Bertz CT molecular complexity index is 398. The average Bonchev–Trinajstić information content (AvgIpc) is 2.04. The van der Waals surface area contributed by atoms with Crippen LogP contribution in [-0.2, 0) is 9.84 Å². The fourth-order valence-corrected chi connectivity index (χ4v) is 1.85. The van der Waals surface area contributed by atoms with Gasteiger partial charge in [-0.25, -0.2) is 8.42 Å². The van der Waals surface area contributed by atoms with Gasteiger partial charge in [0.15, 0.2) is 5.44 Å². The normalized spacial score (nSPS) is 14.0. The average molecular weight is 201 g/mol. The van der Waals surface area contributed by atoms with Gasteiger partial charge >= 0.3 is 0 Å². The van der Waals surface area contributed by atoms with Gasteiger partial charge in [-0.05, 0) is 25.1 Å². The molecular formula is C8H11NO3S. The minimum atomic E-state index is -3.62. The zero-order valence-electron chi connectivity index (χ0n) is 7.14. The van der Waals surface area contributed by atoms with E-state index < -0.39 is 15.3 Å². The Morgan fingerprint density at radius 2 is 2.08 bits per heavy atom. The van der Waals surface area contributed by atoms with Crippen molar-refractivity contribution in [3.05, 3.63) is 24.3 Å². The third-order valence-electron chi connectivity index (χ3n) is 1.64. The third kappa shape index (κ3) is 1.99. The summed E-state index contributed by atoms with van der Waals surface area (Å²) in [7, 11) is -3.62. The van der Waals surface area contributed by atoms with Crippen LogP contribution in [0.1, 0.15) is 6.92 Å². The summed E-state index contributed by atoms with van der Waals surface area (Å²) in [5.74, 6) is 0. The van der Waals surface area contributed by atoms with Crippen LogP contribution in [0.4, 0.5) is 5.69 Å². The van der Waals surface area contributed by atoms with E-state index in [1.165, 1.54) is 25.1 Å². The number of hydrogen-bond acceptors (Lipinski definition) is 4. The van der Waals surface area contributed by atoms with Crippen LogP contribution in [0.2, 0.25) is 0 Å². The van der Waals surface area contributed by atoms with Crippen LogP contribution < -0.4 is 5.73 Å². The molecule has 4 nitrogen and oxygen atoms in total. The first-order valence-corrected chi connectivity index (χ1v) is 5.27. The maximum Gasteiger partial charge on any atom is 0.204 e. The van der Waals surface area contributed by atoms with Crippen LogP contribution in [0.15, 0.2) is 29.2 Å². The minimum Gasteiger partial charge on any atom is -0.399 e. The molecule has 13 heavy (non-hydrogen) atoms. The molecule has 0 aliphatic heterocycles. The first-order chi connectivity index (χ1) is 5.94. The number of aliphatic hydroxyl groups is 1. The molecule has 1 atom stereocenters. The monoisotopic (exact) mass is 201 g/mol. The lowest BCUT2D eigenvalue weighted by molar-refractivity contribution is 0.268. The number of nitrogens with two attached hydrogens (primary N) is 1. The molecule has 0 saturated carbocycles. The fourth-order valence-electron chi connectivity index (χ4n) is 0.888. The number of rotatable bonds is 2. The summed E-state index contributed by atoms with van der Waals surface area (Å²) in [6.07, 6.45) is 0. The van der Waals surface area contributed by atoms with Crippen molar-refractivity contribution in [1.82, 2.24) is 0 Å². The van der Waals surface area contributed by atoms with Crippen LogP contribution in [0.25, 0.3) is 0 Å². The van der Waals surface area contributed by atoms with Crippen molar-refractivity contribution in [2.24, 2.45) is 0 Å². The van der Waals surface area contributed by atoms with Gasteiger partial charge in [-0.3, -0.25) is 0 Å². The molecule has 0 saturated heterocycles. The van der Waals surface area contributed by atoms with E-state index in [0.717, 1.165) is 0 Å². The molecule has 0 amide bonds. The maximum absolute atomic E-state index is 11.4. The van der Waals surface area contributed by atoms with Gasteiger partial charge in [0.25, 0.3) is 0 Å². The van der Waals surface area contributed by atoms with Crippen LogP contribution >= 0.6 is 0 Å². The van der Waals surface area contributed by atoms with Crippen LogP contribution in [-0.4, -0.2) is 19.0 Å². The SMILES string of the molecule is CC(O)S(=O)(=O)c1cccc(N)c1. The van der Waals surface area contributed by atoms with Crippen LogP contribution in [0.5, 0.6) is 0 Å². The molecule has 1 unspecified atom stereocenters. The smallest absolute Gasteiger partial charge is 0.204 e. The van der Waals surface area contributed by atoms with E-state index in [0.29, 0.717) is 5.69 Å². The van der Waals surface area contributed by atoms with Crippen molar-refractivity contribution in [2.45, 2.75) is 17.3 Å². The van der Waals surface area contributed by atoms with E-state index in [4.69, 9.17) is 10.8 Å². The zero-order valence-corrected chi connectivity index (χ0v) is 7.95. The molecule has 0 bridgehead atoms. The van der Waals surface area contributed by atoms with Gasteiger partial charge in [-0.15, -0.1) is 0 Å². The zero-order chi connectivity index (χ0) is 10.1. The third-order valence-corrected chi connectivity index (χ3v) is 3.44. The second-order valence-corrected chi connectivity index (χ2v) is 4.96. The predicted octanol–water partition coefficient (Wildman–Crippen LogP) is 0.381. The van der Waals surface area contributed by atoms with E-state index in [1.807, 2.05) is 0 Å². The molecule has 1 aromatic carbocycles. The minimum absolute atomic E-state index is 0.0440. The molecule has 0 fully saturated rings. The van der Waals surface area contributed by atoms with E-state index >= 15 is 0 Å². The van der Waals surface area contributed by atoms with Crippen LogP contribution in [0, 0.1) is 0 Å². The standard InChI is InChI=1S/C8H11NO3S/c1-6(10)13(11,12)8-4-2-3-7(9)5-8/h2-6,10H,9H2,1H3. The number of aliphatic hydroxyl groups excluding tert-OH is 1. The summed E-state index contributed by atoms with van der Waals surface area (Å²) in [4.78, 5) is 0.0440. The second kappa shape index (κ2) is 3.35. The van der Waals surface area contributed by atoms with Crippen molar-refractivity contribution in [3.8, 4) is 0 Å². The van der Waals surface area contributed by atoms with Crippen molar-refractivity contribution >= 4 is 15.5 Å². The number of hydrogen-bond donors (Lipinski definition) is 2. The van der Waals surface area contributed by atoms with Crippen molar-refractivity contribution in [2.75, 3.05) is 5.73 Å². The number of nitrogen functional groups attached to an aromatic ring is 1. The van der Waals surface area contributed by atoms with E-state index in [-0.39, 0.29) is 4.90 Å². The van der Waals surface area contributed by atoms with Crippen molar-refractivity contribution < 1.29 is 13.5 Å². The molecule has 3 N–H and O–H groups in total. The first kappa shape index (κ1) is 10.0. The van der Waals surface area contributed by atoms with E-state index in [9.17, 15) is 8.42 Å². The quantitative estimate of drug-likeness (QED) is 0.678. The molecular weight excluding hydrogens is 190 g/mol. The summed E-state index contributed by atoms with van der Waals surface area (Å²) < 4.78 is 22.8. The number of sulfone groups is 1. The lowest BCUT2D eigenvalue weighted by Gasteiger charge is -2.06. The topological polar surface area (TPSA) is 80.4 Å². The molecule has 0 spiro atoms. The Morgan fingerprint density at radius 1 is 1.46 bits per heavy atom. The van der Waals surface area contributed by atoms with Crippen LogP contribution in [0.3, 0.4) is 0 Å². The largest absolute Gasteiger partial charge is 0.399 e. The molecule has 72 valence electrons. The van der Waals surface area contributed by atoms with Gasteiger partial charge in [-0.1, -0.05) is 6.07 Å². The second-order valence-electron chi connectivity index (χ2n) is 2.72. The Hall–Kier alpha value is -1.07. The Balaban J connectivity index is 3.24. The number of anilines is 1.